The van der Waals surface area contributed by atoms with E-state index in [2.05, 4.69) is 40.3 Å². The van der Waals surface area contributed by atoms with Crippen LogP contribution in [-0.2, 0) is 14.4 Å². The molecule has 2 fully saturated rings. The zero-order chi connectivity index (χ0) is 30.6. The number of likely N-dealkylation sites (tertiary alicyclic amines) is 2. The Balaban J connectivity index is 1.45. The Morgan fingerprint density at radius 2 is 1.62 bits per heavy atom. The third kappa shape index (κ3) is 7.51. The molecule has 2 aromatic carbocycles. The highest BCUT2D eigenvalue weighted by atomic mass is 16.2. The second-order valence-electron chi connectivity index (χ2n) is 13.8. The lowest BCUT2D eigenvalue weighted by molar-refractivity contribution is -0.142. The van der Waals surface area contributed by atoms with E-state index in [-0.39, 0.29) is 41.8 Å². The smallest absolute Gasteiger partial charge is 0.245 e. The van der Waals surface area contributed by atoms with Gasteiger partial charge in [-0.1, -0.05) is 71.4 Å². The molecule has 0 aromatic heterocycles. The molecule has 0 bridgehead atoms. The molecule has 3 amide bonds. The Morgan fingerprint density at radius 1 is 0.929 bits per heavy atom. The molecule has 2 aromatic rings. The molecule has 4 atom stereocenters. The predicted octanol–water partition coefficient (Wildman–Crippen LogP) is 4.74. The highest BCUT2D eigenvalue weighted by molar-refractivity contribution is 5.97. The van der Waals surface area contributed by atoms with Gasteiger partial charge in [0.05, 0.1) is 12.1 Å². The van der Waals surface area contributed by atoms with Gasteiger partial charge in [0.25, 0.3) is 0 Å². The van der Waals surface area contributed by atoms with Gasteiger partial charge >= 0.3 is 0 Å². The molecule has 2 heterocycles. The van der Waals surface area contributed by atoms with Crippen LogP contribution < -0.4 is 10.6 Å². The van der Waals surface area contributed by atoms with E-state index < -0.39 is 11.5 Å². The van der Waals surface area contributed by atoms with Crippen LogP contribution in [0.3, 0.4) is 0 Å². The van der Waals surface area contributed by atoms with Gasteiger partial charge in [0.1, 0.15) is 6.04 Å². The van der Waals surface area contributed by atoms with Crippen molar-refractivity contribution in [2.45, 2.75) is 90.9 Å². The van der Waals surface area contributed by atoms with E-state index in [1.54, 1.807) is 0 Å². The number of nitrogens with zero attached hydrogens (tertiary/aromatic N) is 3. The van der Waals surface area contributed by atoms with Crippen LogP contribution in [0.25, 0.3) is 10.8 Å². The standard InChI is InChI=1S/C34H51N5O3/c1-23(2)29(38(7)33(42)30(34(3,4)5)36-31(40)27-15-10-11-19-37(27)6)22-39-20-12-16-28(39)32(41)35-26-18-17-24-13-8-9-14-25(24)21-26/h8-9,13-14,17-18,21,23,27-30H,10-12,15-16,19-20,22H2,1-7H3,(H,35,41)(H,36,40)/t27?,28-,29+,30+/m0/s1. The molecular formula is C34H51N5O3. The predicted molar refractivity (Wildman–Crippen MR) is 170 cm³/mol. The quantitative estimate of drug-likeness (QED) is 0.450. The third-order valence-electron chi connectivity index (χ3n) is 9.19. The van der Waals surface area contributed by atoms with Crippen LogP contribution in [0.15, 0.2) is 42.5 Å². The zero-order valence-corrected chi connectivity index (χ0v) is 26.7. The van der Waals surface area contributed by atoms with E-state index in [9.17, 15) is 14.4 Å². The van der Waals surface area contributed by atoms with Gasteiger partial charge in [-0.3, -0.25) is 24.2 Å². The molecule has 8 heteroatoms. The molecule has 4 rings (SSSR count). The molecular weight excluding hydrogens is 526 g/mol. The fourth-order valence-corrected chi connectivity index (χ4v) is 6.52. The summed E-state index contributed by atoms with van der Waals surface area (Å²) in [5, 5.41) is 8.52. The number of carbonyl (C=O) groups is 3. The minimum atomic E-state index is -0.642. The first-order chi connectivity index (χ1) is 19.9. The van der Waals surface area contributed by atoms with Crippen molar-refractivity contribution in [2.75, 3.05) is 39.0 Å². The van der Waals surface area contributed by atoms with Gasteiger partial charge in [0, 0.05) is 25.3 Å². The average Bonchev–Trinajstić information content (AvgIpc) is 3.42. The first kappa shape index (κ1) is 32.0. The highest BCUT2D eigenvalue weighted by Gasteiger charge is 2.41. The summed E-state index contributed by atoms with van der Waals surface area (Å²) < 4.78 is 0. The maximum Gasteiger partial charge on any atom is 0.245 e. The van der Waals surface area contributed by atoms with Crippen molar-refractivity contribution in [3.63, 3.8) is 0 Å². The number of amides is 3. The van der Waals surface area contributed by atoms with Crippen molar-refractivity contribution in [3.05, 3.63) is 42.5 Å². The van der Waals surface area contributed by atoms with Crippen LogP contribution >= 0.6 is 0 Å². The molecule has 2 aliphatic rings. The third-order valence-corrected chi connectivity index (χ3v) is 9.19. The topological polar surface area (TPSA) is 85.0 Å². The van der Waals surface area contributed by atoms with Gasteiger partial charge in [0.2, 0.25) is 17.7 Å². The first-order valence-electron chi connectivity index (χ1n) is 15.7. The second-order valence-corrected chi connectivity index (χ2v) is 13.8. The molecule has 2 N–H and O–H groups in total. The summed E-state index contributed by atoms with van der Waals surface area (Å²) in [7, 11) is 3.84. The monoisotopic (exact) mass is 577 g/mol. The number of likely N-dealkylation sites (N-methyl/N-ethyl adjacent to an activating group) is 2. The highest BCUT2D eigenvalue weighted by Crippen LogP contribution is 2.27. The van der Waals surface area contributed by atoms with Gasteiger partial charge < -0.3 is 15.5 Å². The summed E-state index contributed by atoms with van der Waals surface area (Å²) in [5.74, 6) is 0.0227. The van der Waals surface area contributed by atoms with E-state index in [0.29, 0.717) is 6.54 Å². The van der Waals surface area contributed by atoms with Crippen LogP contribution in [0.5, 0.6) is 0 Å². The van der Waals surface area contributed by atoms with Gasteiger partial charge in [-0.25, -0.2) is 0 Å². The number of nitrogens with one attached hydrogen (secondary N) is 2. The van der Waals surface area contributed by atoms with E-state index in [1.165, 1.54) is 0 Å². The zero-order valence-electron chi connectivity index (χ0n) is 26.7. The summed E-state index contributed by atoms with van der Waals surface area (Å²) in [5.41, 5.74) is 0.344. The number of rotatable bonds is 9. The number of anilines is 1. The molecule has 0 radical (unpaired) electrons. The SMILES string of the molecule is CC(C)[C@@H](CN1CCC[C@H]1C(=O)Nc1ccc2ccccc2c1)N(C)C(=O)[C@@H](NC(=O)C1CCCCN1C)C(C)(C)C. The molecule has 0 aliphatic carbocycles. The lowest BCUT2D eigenvalue weighted by Gasteiger charge is -2.41. The normalized spacial score (nSPS) is 21.7. The van der Waals surface area contributed by atoms with Crippen molar-refractivity contribution in [1.82, 2.24) is 20.0 Å². The molecule has 2 aliphatic heterocycles. The molecule has 8 nitrogen and oxygen atoms in total. The number of hydrogen-bond donors (Lipinski definition) is 2. The number of carbonyl (C=O) groups excluding carboxylic acids is 3. The fraction of sp³-hybridized carbons (Fsp3) is 0.618. The van der Waals surface area contributed by atoms with E-state index >= 15 is 0 Å². The van der Waals surface area contributed by atoms with Crippen LogP contribution in [0, 0.1) is 11.3 Å². The number of piperidine rings is 1. The number of fused-ring (bicyclic) bond motifs is 1. The van der Waals surface area contributed by atoms with E-state index in [0.717, 1.165) is 61.7 Å². The minimum Gasteiger partial charge on any atom is -0.342 e. The molecule has 2 saturated heterocycles. The Labute approximate surface area is 252 Å². The van der Waals surface area contributed by atoms with E-state index in [4.69, 9.17) is 0 Å². The van der Waals surface area contributed by atoms with Gasteiger partial charge in [-0.05, 0) is 80.1 Å². The van der Waals surface area contributed by atoms with Crippen LogP contribution in [-0.4, -0.2) is 90.3 Å². The Kier molecular flexibility index (Phi) is 10.3. The minimum absolute atomic E-state index is 0.00398. The van der Waals surface area contributed by atoms with Crippen LogP contribution in [0.2, 0.25) is 0 Å². The van der Waals surface area contributed by atoms with Crippen molar-refractivity contribution >= 4 is 34.2 Å². The number of hydrogen-bond acceptors (Lipinski definition) is 5. The summed E-state index contributed by atoms with van der Waals surface area (Å²) >= 11 is 0. The average molecular weight is 578 g/mol. The van der Waals surface area contributed by atoms with Crippen LogP contribution in [0.4, 0.5) is 5.69 Å². The summed E-state index contributed by atoms with van der Waals surface area (Å²) in [6.45, 7) is 12.6. The lowest BCUT2D eigenvalue weighted by atomic mass is 9.84. The summed E-state index contributed by atoms with van der Waals surface area (Å²) in [6.07, 6.45) is 4.66. The lowest BCUT2D eigenvalue weighted by Crippen LogP contribution is -2.61. The van der Waals surface area contributed by atoms with Crippen LogP contribution in [0.1, 0.15) is 66.7 Å². The van der Waals surface area contributed by atoms with E-state index in [1.807, 2.05) is 76.2 Å². The van der Waals surface area contributed by atoms with Gasteiger partial charge in [-0.2, -0.15) is 0 Å². The number of benzene rings is 2. The van der Waals surface area contributed by atoms with Crippen molar-refractivity contribution in [3.8, 4) is 0 Å². The fourth-order valence-electron chi connectivity index (χ4n) is 6.52. The summed E-state index contributed by atoms with van der Waals surface area (Å²) in [4.78, 5) is 47.0. The van der Waals surface area contributed by atoms with Crippen molar-refractivity contribution in [2.24, 2.45) is 11.3 Å². The van der Waals surface area contributed by atoms with Gasteiger partial charge in [0.15, 0.2) is 0 Å². The molecule has 0 saturated carbocycles. The summed E-state index contributed by atoms with van der Waals surface area (Å²) in [6, 6.07) is 12.9. The van der Waals surface area contributed by atoms with Crippen molar-refractivity contribution in [1.29, 1.82) is 0 Å². The Hall–Kier alpha value is -2.97. The van der Waals surface area contributed by atoms with Gasteiger partial charge in [-0.15, -0.1) is 0 Å². The molecule has 230 valence electrons. The Morgan fingerprint density at radius 3 is 2.29 bits per heavy atom. The molecule has 1 unspecified atom stereocenters. The first-order valence-corrected chi connectivity index (χ1v) is 15.7. The largest absolute Gasteiger partial charge is 0.342 e. The van der Waals surface area contributed by atoms with Crippen molar-refractivity contribution < 1.29 is 14.4 Å². The molecule has 42 heavy (non-hydrogen) atoms. The Bertz CT molecular complexity index is 1260. The second kappa shape index (κ2) is 13.6. The maximum absolute atomic E-state index is 14.1. The maximum atomic E-state index is 14.1. The molecule has 0 spiro atoms.